The SMILES string of the molecule is CC(CCc1ccccc1)NC(=O)C(=O)Nc1ccc(Br)cc1. The molecule has 23 heavy (non-hydrogen) atoms. The van der Waals surface area contributed by atoms with Gasteiger partial charge in [-0.1, -0.05) is 46.3 Å². The fourth-order valence-corrected chi connectivity index (χ4v) is 2.37. The first-order valence-corrected chi connectivity index (χ1v) is 8.25. The molecule has 0 saturated heterocycles. The molecule has 0 aliphatic rings. The van der Waals surface area contributed by atoms with Crippen molar-refractivity contribution in [2.45, 2.75) is 25.8 Å². The van der Waals surface area contributed by atoms with E-state index in [1.54, 1.807) is 24.3 Å². The van der Waals surface area contributed by atoms with Crippen LogP contribution in [0.5, 0.6) is 0 Å². The summed E-state index contributed by atoms with van der Waals surface area (Å²) in [5.41, 5.74) is 1.80. The van der Waals surface area contributed by atoms with Gasteiger partial charge in [-0.15, -0.1) is 0 Å². The van der Waals surface area contributed by atoms with E-state index < -0.39 is 11.8 Å². The second-order valence-electron chi connectivity index (χ2n) is 5.36. The molecule has 0 aromatic heterocycles. The molecule has 4 nitrogen and oxygen atoms in total. The van der Waals surface area contributed by atoms with Gasteiger partial charge in [-0.25, -0.2) is 0 Å². The third-order valence-corrected chi connectivity index (χ3v) is 3.92. The fourth-order valence-electron chi connectivity index (χ4n) is 2.11. The first-order valence-electron chi connectivity index (χ1n) is 7.46. The first-order chi connectivity index (χ1) is 11.0. The Bertz CT molecular complexity index is 656. The third-order valence-electron chi connectivity index (χ3n) is 3.39. The summed E-state index contributed by atoms with van der Waals surface area (Å²) in [7, 11) is 0. The molecule has 2 rings (SSSR count). The van der Waals surface area contributed by atoms with Crippen LogP contribution in [0.25, 0.3) is 0 Å². The molecule has 0 aliphatic carbocycles. The lowest BCUT2D eigenvalue weighted by Crippen LogP contribution is -2.40. The van der Waals surface area contributed by atoms with Gasteiger partial charge in [0.05, 0.1) is 0 Å². The number of hydrogen-bond donors (Lipinski definition) is 2. The summed E-state index contributed by atoms with van der Waals surface area (Å²) in [6.07, 6.45) is 1.64. The molecule has 0 heterocycles. The first kappa shape index (κ1) is 17.2. The highest BCUT2D eigenvalue weighted by Crippen LogP contribution is 2.14. The second-order valence-corrected chi connectivity index (χ2v) is 6.28. The molecule has 0 radical (unpaired) electrons. The maximum absolute atomic E-state index is 11.9. The lowest BCUT2D eigenvalue weighted by molar-refractivity contribution is -0.136. The topological polar surface area (TPSA) is 58.2 Å². The van der Waals surface area contributed by atoms with Gasteiger partial charge in [-0.3, -0.25) is 9.59 Å². The predicted octanol–water partition coefficient (Wildman–Crippen LogP) is 3.53. The van der Waals surface area contributed by atoms with Crippen LogP contribution in [0.15, 0.2) is 59.1 Å². The molecule has 0 spiro atoms. The van der Waals surface area contributed by atoms with Crippen LogP contribution in [0.4, 0.5) is 5.69 Å². The average molecular weight is 375 g/mol. The molecule has 0 aliphatic heterocycles. The van der Waals surface area contributed by atoms with Gasteiger partial charge >= 0.3 is 11.8 Å². The molecule has 2 aromatic rings. The van der Waals surface area contributed by atoms with Crippen LogP contribution in [0.3, 0.4) is 0 Å². The molecule has 0 fully saturated rings. The minimum absolute atomic E-state index is 0.0710. The summed E-state index contributed by atoms with van der Waals surface area (Å²) in [5, 5.41) is 5.30. The number of carbonyl (C=O) groups is 2. The lowest BCUT2D eigenvalue weighted by Gasteiger charge is -2.13. The second kappa shape index (κ2) is 8.48. The molecule has 120 valence electrons. The zero-order valence-corrected chi connectivity index (χ0v) is 14.5. The van der Waals surface area contributed by atoms with Crippen molar-refractivity contribution in [1.29, 1.82) is 0 Å². The van der Waals surface area contributed by atoms with Crippen molar-refractivity contribution >= 4 is 33.4 Å². The third kappa shape index (κ3) is 5.87. The van der Waals surface area contributed by atoms with Crippen LogP contribution in [-0.4, -0.2) is 17.9 Å². The minimum Gasteiger partial charge on any atom is -0.345 e. The number of halogens is 1. The van der Waals surface area contributed by atoms with E-state index >= 15 is 0 Å². The minimum atomic E-state index is -0.654. The molecule has 2 N–H and O–H groups in total. The quantitative estimate of drug-likeness (QED) is 0.786. The van der Waals surface area contributed by atoms with Crippen LogP contribution in [0.2, 0.25) is 0 Å². The van der Waals surface area contributed by atoms with Gasteiger partial charge in [0.1, 0.15) is 0 Å². The highest BCUT2D eigenvalue weighted by molar-refractivity contribution is 9.10. The number of nitrogens with one attached hydrogen (secondary N) is 2. The summed E-state index contributed by atoms with van der Waals surface area (Å²) in [6, 6.07) is 17.0. The predicted molar refractivity (Wildman–Crippen MR) is 95.1 cm³/mol. The zero-order chi connectivity index (χ0) is 16.7. The maximum Gasteiger partial charge on any atom is 0.313 e. The van der Waals surface area contributed by atoms with Gasteiger partial charge in [-0.05, 0) is 49.6 Å². The van der Waals surface area contributed by atoms with E-state index in [9.17, 15) is 9.59 Å². The Labute approximate surface area is 144 Å². The summed E-state index contributed by atoms with van der Waals surface area (Å²) in [4.78, 5) is 23.8. The molecular formula is C18H19BrN2O2. The molecule has 1 unspecified atom stereocenters. The number of anilines is 1. The Morgan fingerprint density at radius 1 is 1.00 bits per heavy atom. The Kier molecular flexibility index (Phi) is 6.35. The number of aryl methyl sites for hydroxylation is 1. The van der Waals surface area contributed by atoms with E-state index in [1.807, 2.05) is 25.1 Å². The van der Waals surface area contributed by atoms with Crippen molar-refractivity contribution in [3.05, 3.63) is 64.6 Å². The van der Waals surface area contributed by atoms with E-state index in [-0.39, 0.29) is 6.04 Å². The number of amides is 2. The Morgan fingerprint density at radius 2 is 1.65 bits per heavy atom. The van der Waals surface area contributed by atoms with Crippen LogP contribution >= 0.6 is 15.9 Å². The average Bonchev–Trinajstić information content (AvgIpc) is 2.56. The fraction of sp³-hybridized carbons (Fsp3) is 0.222. The molecule has 2 aromatic carbocycles. The molecule has 0 bridgehead atoms. The van der Waals surface area contributed by atoms with Crippen LogP contribution < -0.4 is 10.6 Å². The molecule has 0 saturated carbocycles. The van der Waals surface area contributed by atoms with Gasteiger partial charge in [0.15, 0.2) is 0 Å². The van der Waals surface area contributed by atoms with Crippen molar-refractivity contribution < 1.29 is 9.59 Å². The Balaban J connectivity index is 1.78. The van der Waals surface area contributed by atoms with Gasteiger partial charge < -0.3 is 10.6 Å². The van der Waals surface area contributed by atoms with Crippen molar-refractivity contribution in [3.8, 4) is 0 Å². The molecule has 2 amide bonds. The maximum atomic E-state index is 11.9. The number of benzene rings is 2. The summed E-state index contributed by atoms with van der Waals surface area (Å²) in [5.74, 6) is -1.27. The monoisotopic (exact) mass is 374 g/mol. The number of hydrogen-bond acceptors (Lipinski definition) is 2. The van der Waals surface area contributed by atoms with E-state index in [4.69, 9.17) is 0 Å². The zero-order valence-electron chi connectivity index (χ0n) is 12.9. The number of carbonyl (C=O) groups excluding carboxylic acids is 2. The highest BCUT2D eigenvalue weighted by Gasteiger charge is 2.16. The van der Waals surface area contributed by atoms with Gasteiger partial charge in [0.25, 0.3) is 0 Å². The highest BCUT2D eigenvalue weighted by atomic mass is 79.9. The van der Waals surface area contributed by atoms with Gasteiger partial charge in [0, 0.05) is 16.2 Å². The van der Waals surface area contributed by atoms with Crippen molar-refractivity contribution in [1.82, 2.24) is 5.32 Å². The molecular weight excluding hydrogens is 356 g/mol. The summed E-state index contributed by atoms with van der Waals surface area (Å²) in [6.45, 7) is 1.90. The van der Waals surface area contributed by atoms with Gasteiger partial charge in [-0.2, -0.15) is 0 Å². The summed E-state index contributed by atoms with van der Waals surface area (Å²) >= 11 is 3.32. The molecule has 1 atom stereocenters. The van der Waals surface area contributed by atoms with Crippen LogP contribution in [0, 0.1) is 0 Å². The van der Waals surface area contributed by atoms with E-state index in [0.29, 0.717) is 5.69 Å². The summed E-state index contributed by atoms with van der Waals surface area (Å²) < 4.78 is 0.912. The van der Waals surface area contributed by atoms with Crippen molar-refractivity contribution in [2.75, 3.05) is 5.32 Å². The van der Waals surface area contributed by atoms with Crippen molar-refractivity contribution in [2.24, 2.45) is 0 Å². The smallest absolute Gasteiger partial charge is 0.313 e. The van der Waals surface area contributed by atoms with E-state index in [1.165, 1.54) is 5.56 Å². The Hall–Kier alpha value is -2.14. The van der Waals surface area contributed by atoms with E-state index in [2.05, 4.69) is 38.7 Å². The lowest BCUT2D eigenvalue weighted by atomic mass is 10.1. The molecule has 5 heteroatoms. The largest absolute Gasteiger partial charge is 0.345 e. The normalized spacial score (nSPS) is 11.6. The van der Waals surface area contributed by atoms with Crippen LogP contribution in [0.1, 0.15) is 18.9 Å². The standard InChI is InChI=1S/C18H19BrN2O2/c1-13(7-8-14-5-3-2-4-6-14)20-17(22)18(23)21-16-11-9-15(19)10-12-16/h2-6,9-13H,7-8H2,1H3,(H,20,22)(H,21,23). The Morgan fingerprint density at radius 3 is 2.30 bits per heavy atom. The van der Waals surface area contributed by atoms with Crippen molar-refractivity contribution in [3.63, 3.8) is 0 Å². The number of rotatable bonds is 5. The van der Waals surface area contributed by atoms with E-state index in [0.717, 1.165) is 17.3 Å². The van der Waals surface area contributed by atoms with Gasteiger partial charge in [0.2, 0.25) is 0 Å². The van der Waals surface area contributed by atoms with Crippen LogP contribution in [-0.2, 0) is 16.0 Å².